The zero-order valence-corrected chi connectivity index (χ0v) is 11.0. The maximum atomic E-state index is 13.6. The Morgan fingerprint density at radius 1 is 1.50 bits per heavy atom. The number of rotatable bonds is 5. The zero-order chi connectivity index (χ0) is 11.5. The van der Waals surface area contributed by atoms with Gasteiger partial charge in [0.15, 0.2) is 0 Å². The summed E-state index contributed by atoms with van der Waals surface area (Å²) in [6, 6.07) is 5.09. The maximum Gasteiger partial charge on any atom is 0.130 e. The van der Waals surface area contributed by atoms with E-state index < -0.39 is 0 Å². The molecule has 1 aliphatic carbocycles. The maximum absolute atomic E-state index is 13.6. The van der Waals surface area contributed by atoms with Crippen molar-refractivity contribution in [3.8, 4) is 5.75 Å². The highest BCUT2D eigenvalue weighted by molar-refractivity contribution is 9.09. The average Bonchev–Trinajstić information content (AvgIpc) is 3.10. The van der Waals surface area contributed by atoms with Gasteiger partial charge >= 0.3 is 0 Å². The molecule has 1 atom stereocenters. The molecule has 0 amide bonds. The fraction of sp³-hybridized carbons (Fsp3) is 0.538. The average molecular weight is 287 g/mol. The zero-order valence-electron chi connectivity index (χ0n) is 9.38. The molecule has 0 heterocycles. The van der Waals surface area contributed by atoms with Crippen LogP contribution in [-0.2, 0) is 6.42 Å². The number of hydrogen-bond donors (Lipinski definition) is 0. The monoisotopic (exact) mass is 286 g/mol. The van der Waals surface area contributed by atoms with E-state index in [1.807, 2.05) is 12.1 Å². The Kier molecular flexibility index (Phi) is 3.85. The van der Waals surface area contributed by atoms with E-state index in [1.165, 1.54) is 18.9 Å². The molecule has 0 aromatic heterocycles. The first-order chi connectivity index (χ1) is 7.70. The van der Waals surface area contributed by atoms with Crippen LogP contribution >= 0.6 is 15.9 Å². The summed E-state index contributed by atoms with van der Waals surface area (Å²) in [5.74, 6) is 1.25. The van der Waals surface area contributed by atoms with E-state index in [0.717, 1.165) is 24.3 Å². The molecule has 0 bridgehead atoms. The summed E-state index contributed by atoms with van der Waals surface area (Å²) in [5.41, 5.74) is 0.783. The van der Waals surface area contributed by atoms with Crippen LogP contribution in [0.25, 0.3) is 0 Å². The van der Waals surface area contributed by atoms with E-state index in [1.54, 1.807) is 7.11 Å². The second kappa shape index (κ2) is 5.17. The number of aryl methyl sites for hydroxylation is 1. The molecule has 1 aromatic carbocycles. The van der Waals surface area contributed by atoms with Crippen molar-refractivity contribution in [3.05, 3.63) is 29.6 Å². The van der Waals surface area contributed by atoms with Gasteiger partial charge in [-0.1, -0.05) is 22.0 Å². The first-order valence-corrected chi connectivity index (χ1v) is 6.58. The molecular weight excluding hydrogens is 271 g/mol. The highest BCUT2D eigenvalue weighted by Crippen LogP contribution is 2.38. The summed E-state index contributed by atoms with van der Waals surface area (Å²) < 4.78 is 18.6. The van der Waals surface area contributed by atoms with Crippen molar-refractivity contribution >= 4 is 15.9 Å². The van der Waals surface area contributed by atoms with E-state index in [-0.39, 0.29) is 5.82 Å². The number of methoxy groups -OCH3 is 1. The van der Waals surface area contributed by atoms with Crippen LogP contribution in [-0.4, -0.2) is 11.9 Å². The summed E-state index contributed by atoms with van der Waals surface area (Å²) in [7, 11) is 1.55. The van der Waals surface area contributed by atoms with E-state index in [4.69, 9.17) is 4.74 Å². The van der Waals surface area contributed by atoms with Crippen molar-refractivity contribution in [1.29, 1.82) is 0 Å². The van der Waals surface area contributed by atoms with Gasteiger partial charge in [0.1, 0.15) is 11.6 Å². The second-order valence-electron chi connectivity index (χ2n) is 4.35. The van der Waals surface area contributed by atoms with Gasteiger partial charge in [-0.25, -0.2) is 4.39 Å². The second-order valence-corrected chi connectivity index (χ2v) is 5.53. The molecule has 3 heteroatoms. The molecule has 0 aliphatic heterocycles. The predicted molar refractivity (Wildman–Crippen MR) is 66.7 cm³/mol. The van der Waals surface area contributed by atoms with Gasteiger partial charge in [0.2, 0.25) is 0 Å². The number of ether oxygens (including phenoxy) is 1. The summed E-state index contributed by atoms with van der Waals surface area (Å²) in [5, 5.41) is 0. The molecule has 0 spiro atoms. The molecule has 2 rings (SSSR count). The molecule has 88 valence electrons. The number of benzene rings is 1. The Labute approximate surface area is 104 Å². The third-order valence-corrected chi connectivity index (χ3v) is 4.29. The summed E-state index contributed by atoms with van der Waals surface area (Å²) in [6.07, 6.45) is 4.44. The van der Waals surface area contributed by atoms with E-state index in [2.05, 4.69) is 15.9 Å². The fourth-order valence-electron chi connectivity index (χ4n) is 1.84. The first kappa shape index (κ1) is 11.9. The standard InChI is InChI=1S/C13H16BrFO/c1-16-11-6-4-10(13(15)8-11)5-7-12(14)9-2-3-9/h4,6,8-9,12H,2-3,5,7H2,1H3. The van der Waals surface area contributed by atoms with Gasteiger partial charge in [0.25, 0.3) is 0 Å². The highest BCUT2D eigenvalue weighted by Gasteiger charge is 2.28. The van der Waals surface area contributed by atoms with Crippen molar-refractivity contribution < 1.29 is 9.13 Å². The van der Waals surface area contributed by atoms with Gasteiger partial charge in [0.05, 0.1) is 7.11 Å². The fourth-order valence-corrected chi connectivity index (χ4v) is 2.60. The van der Waals surface area contributed by atoms with Gasteiger partial charge in [0, 0.05) is 10.9 Å². The smallest absolute Gasteiger partial charge is 0.130 e. The molecule has 1 aromatic rings. The van der Waals surface area contributed by atoms with Crippen LogP contribution < -0.4 is 4.74 Å². The first-order valence-electron chi connectivity index (χ1n) is 5.67. The minimum atomic E-state index is -0.158. The quantitative estimate of drug-likeness (QED) is 0.745. The number of hydrogen-bond acceptors (Lipinski definition) is 1. The third-order valence-electron chi connectivity index (χ3n) is 3.08. The van der Waals surface area contributed by atoms with Crippen molar-refractivity contribution in [2.45, 2.75) is 30.5 Å². The van der Waals surface area contributed by atoms with Crippen molar-refractivity contribution in [3.63, 3.8) is 0 Å². The number of alkyl halides is 1. The number of halogens is 2. The lowest BCUT2D eigenvalue weighted by Crippen LogP contribution is -2.03. The van der Waals surface area contributed by atoms with Gasteiger partial charge in [-0.2, -0.15) is 0 Å². The van der Waals surface area contributed by atoms with Gasteiger partial charge in [-0.05, 0) is 43.2 Å². The van der Waals surface area contributed by atoms with Crippen LogP contribution in [0.4, 0.5) is 4.39 Å². The molecule has 16 heavy (non-hydrogen) atoms. The molecule has 1 saturated carbocycles. The van der Waals surface area contributed by atoms with E-state index >= 15 is 0 Å². The van der Waals surface area contributed by atoms with E-state index in [0.29, 0.717) is 10.6 Å². The summed E-state index contributed by atoms with van der Waals surface area (Å²) in [6.45, 7) is 0. The van der Waals surface area contributed by atoms with Gasteiger partial charge in [-0.15, -0.1) is 0 Å². The normalized spacial score (nSPS) is 17.2. The summed E-state index contributed by atoms with van der Waals surface area (Å²) >= 11 is 3.67. The predicted octanol–water partition coefficient (Wildman–Crippen LogP) is 3.94. The SMILES string of the molecule is COc1ccc(CCC(Br)C2CC2)c(F)c1. The van der Waals surface area contributed by atoms with E-state index in [9.17, 15) is 4.39 Å². The molecule has 1 nitrogen and oxygen atoms in total. The summed E-state index contributed by atoms with van der Waals surface area (Å²) in [4.78, 5) is 0.550. The Balaban J connectivity index is 1.92. The van der Waals surface area contributed by atoms with Crippen LogP contribution in [0, 0.1) is 11.7 Å². The third kappa shape index (κ3) is 2.97. The molecule has 1 fully saturated rings. The van der Waals surface area contributed by atoms with Crippen LogP contribution in [0.2, 0.25) is 0 Å². The molecule has 1 aliphatic rings. The van der Waals surface area contributed by atoms with Crippen LogP contribution in [0.3, 0.4) is 0 Å². The molecule has 0 N–H and O–H groups in total. The van der Waals surface area contributed by atoms with Gasteiger partial charge in [-0.3, -0.25) is 0 Å². The Morgan fingerprint density at radius 3 is 2.81 bits per heavy atom. The largest absolute Gasteiger partial charge is 0.497 e. The highest BCUT2D eigenvalue weighted by atomic mass is 79.9. The lowest BCUT2D eigenvalue weighted by atomic mass is 10.1. The topological polar surface area (TPSA) is 9.23 Å². The minimum Gasteiger partial charge on any atom is -0.497 e. The van der Waals surface area contributed by atoms with Crippen LogP contribution in [0.1, 0.15) is 24.8 Å². The van der Waals surface area contributed by atoms with Crippen molar-refractivity contribution in [2.24, 2.45) is 5.92 Å². The molecule has 0 radical (unpaired) electrons. The Bertz CT molecular complexity index is 363. The Hall–Kier alpha value is -0.570. The minimum absolute atomic E-state index is 0.158. The van der Waals surface area contributed by atoms with Gasteiger partial charge < -0.3 is 4.74 Å². The molecular formula is C13H16BrFO. The van der Waals surface area contributed by atoms with Crippen LogP contribution in [0.15, 0.2) is 18.2 Å². The molecule has 1 unspecified atom stereocenters. The lowest BCUT2D eigenvalue weighted by molar-refractivity contribution is 0.410. The Morgan fingerprint density at radius 2 is 2.25 bits per heavy atom. The van der Waals surface area contributed by atoms with Crippen molar-refractivity contribution in [2.75, 3.05) is 7.11 Å². The van der Waals surface area contributed by atoms with Crippen molar-refractivity contribution in [1.82, 2.24) is 0 Å². The molecule has 0 saturated heterocycles. The van der Waals surface area contributed by atoms with Crippen LogP contribution in [0.5, 0.6) is 5.75 Å². The lowest BCUT2D eigenvalue weighted by Gasteiger charge is -2.09.